The van der Waals surface area contributed by atoms with Gasteiger partial charge in [-0.25, -0.2) is 0 Å². The number of phenols is 1. The van der Waals surface area contributed by atoms with Crippen LogP contribution in [0.2, 0.25) is 10.0 Å². The Morgan fingerprint density at radius 2 is 2.12 bits per heavy atom. The maximum absolute atomic E-state index is 9.77. The van der Waals surface area contributed by atoms with Gasteiger partial charge in [0.25, 0.3) is 0 Å². The minimum Gasteiger partial charge on any atom is -0.506 e. The van der Waals surface area contributed by atoms with Crippen LogP contribution in [0.25, 0.3) is 0 Å². The van der Waals surface area contributed by atoms with Gasteiger partial charge >= 0.3 is 0 Å². The maximum Gasteiger partial charge on any atom is 0.138 e. The van der Waals surface area contributed by atoms with E-state index in [0.717, 1.165) is 19.8 Å². The fraction of sp³-hybridized carbons (Fsp3) is 0.500. The molecule has 0 aromatic heterocycles. The van der Waals surface area contributed by atoms with Crippen molar-refractivity contribution in [1.29, 1.82) is 0 Å². The summed E-state index contributed by atoms with van der Waals surface area (Å²) in [5, 5.41) is 13.9. The number of aromatic hydroxyl groups is 1. The topological polar surface area (TPSA) is 41.5 Å². The molecule has 1 aliphatic heterocycles. The number of phenolic OH excluding ortho intramolecular Hbond substituents is 1. The van der Waals surface area contributed by atoms with Gasteiger partial charge in [0, 0.05) is 29.1 Å². The molecule has 0 unspecified atom stereocenters. The molecule has 0 saturated carbocycles. The van der Waals surface area contributed by atoms with Crippen LogP contribution in [0, 0.1) is 5.41 Å². The van der Waals surface area contributed by atoms with Crippen LogP contribution in [0.4, 0.5) is 0 Å². The van der Waals surface area contributed by atoms with Crippen molar-refractivity contribution >= 4 is 23.2 Å². The number of hydrogen-bond donors (Lipinski definition) is 2. The van der Waals surface area contributed by atoms with Gasteiger partial charge in [0.2, 0.25) is 0 Å². The molecule has 5 heteroatoms. The highest BCUT2D eigenvalue weighted by Crippen LogP contribution is 2.31. The van der Waals surface area contributed by atoms with Gasteiger partial charge in [0.1, 0.15) is 5.75 Å². The van der Waals surface area contributed by atoms with Crippen molar-refractivity contribution in [3.8, 4) is 5.75 Å². The molecule has 1 aromatic carbocycles. The Morgan fingerprint density at radius 1 is 1.41 bits per heavy atom. The average Bonchev–Trinajstić information content (AvgIpc) is 2.22. The number of halogens is 2. The van der Waals surface area contributed by atoms with Crippen LogP contribution >= 0.6 is 23.2 Å². The molecule has 3 nitrogen and oxygen atoms in total. The van der Waals surface area contributed by atoms with Crippen molar-refractivity contribution in [2.24, 2.45) is 5.41 Å². The second-order valence-corrected chi connectivity index (χ2v) is 5.65. The summed E-state index contributed by atoms with van der Waals surface area (Å²) in [6, 6.07) is 3.25. The van der Waals surface area contributed by atoms with Crippen LogP contribution < -0.4 is 5.32 Å². The molecule has 2 N–H and O–H groups in total. The third kappa shape index (κ3) is 3.05. The van der Waals surface area contributed by atoms with Gasteiger partial charge in [-0.05, 0) is 12.1 Å². The van der Waals surface area contributed by atoms with E-state index in [1.807, 2.05) is 0 Å². The fourth-order valence-corrected chi connectivity index (χ4v) is 2.34. The van der Waals surface area contributed by atoms with Gasteiger partial charge in [0.15, 0.2) is 0 Å². The molecule has 94 valence electrons. The van der Waals surface area contributed by atoms with Gasteiger partial charge < -0.3 is 15.2 Å². The van der Waals surface area contributed by atoms with Crippen LogP contribution in [0.15, 0.2) is 12.1 Å². The molecule has 1 aliphatic rings. The van der Waals surface area contributed by atoms with E-state index in [2.05, 4.69) is 12.2 Å². The number of ether oxygens (including phenoxy) is 1. The van der Waals surface area contributed by atoms with E-state index >= 15 is 0 Å². The highest BCUT2D eigenvalue weighted by atomic mass is 35.5. The van der Waals surface area contributed by atoms with E-state index in [1.54, 1.807) is 6.07 Å². The van der Waals surface area contributed by atoms with Gasteiger partial charge in [-0.2, -0.15) is 0 Å². The summed E-state index contributed by atoms with van der Waals surface area (Å²) >= 11 is 11.7. The predicted octanol–water partition coefficient (Wildman–Crippen LogP) is 2.83. The van der Waals surface area contributed by atoms with Gasteiger partial charge in [-0.3, -0.25) is 0 Å². The lowest BCUT2D eigenvalue weighted by Gasteiger charge is -2.38. The Kier molecular flexibility index (Phi) is 3.83. The molecule has 0 radical (unpaired) electrons. The van der Waals surface area contributed by atoms with E-state index in [-0.39, 0.29) is 16.2 Å². The van der Waals surface area contributed by atoms with E-state index in [9.17, 15) is 5.11 Å². The zero-order valence-electron chi connectivity index (χ0n) is 9.59. The summed E-state index contributed by atoms with van der Waals surface area (Å²) < 4.78 is 5.17. The molecular weight excluding hydrogens is 261 g/mol. The average molecular weight is 276 g/mol. The standard InChI is InChI=1S/C12H15Cl2NO2/c1-12(6-17-7-12)5-15-4-8-2-9(13)3-10(14)11(8)16/h2-3,15-16H,4-7H2,1H3. The van der Waals surface area contributed by atoms with E-state index in [1.165, 1.54) is 6.07 Å². The van der Waals surface area contributed by atoms with Crippen molar-refractivity contribution in [2.45, 2.75) is 13.5 Å². The first-order valence-corrected chi connectivity index (χ1v) is 6.21. The monoisotopic (exact) mass is 275 g/mol. The summed E-state index contributed by atoms with van der Waals surface area (Å²) in [5.74, 6) is 0.0959. The summed E-state index contributed by atoms with van der Waals surface area (Å²) in [5.41, 5.74) is 0.921. The zero-order chi connectivity index (χ0) is 12.5. The van der Waals surface area contributed by atoms with Crippen molar-refractivity contribution in [2.75, 3.05) is 19.8 Å². The Bertz CT molecular complexity index is 419. The summed E-state index contributed by atoms with van der Waals surface area (Å²) in [4.78, 5) is 0. The Morgan fingerprint density at radius 3 is 2.71 bits per heavy atom. The fourth-order valence-electron chi connectivity index (χ4n) is 1.81. The molecule has 2 rings (SSSR count). The Balaban J connectivity index is 1.94. The van der Waals surface area contributed by atoms with E-state index < -0.39 is 0 Å². The molecule has 0 bridgehead atoms. The third-order valence-electron chi connectivity index (χ3n) is 2.88. The predicted molar refractivity (Wildman–Crippen MR) is 68.8 cm³/mol. The molecule has 0 spiro atoms. The minimum atomic E-state index is 0.0959. The summed E-state index contributed by atoms with van der Waals surface area (Å²) in [6.07, 6.45) is 0. The molecule has 1 heterocycles. The van der Waals surface area contributed by atoms with Crippen molar-refractivity contribution in [3.63, 3.8) is 0 Å². The Hall–Kier alpha value is -0.480. The highest BCUT2D eigenvalue weighted by molar-refractivity contribution is 6.35. The highest BCUT2D eigenvalue weighted by Gasteiger charge is 2.32. The van der Waals surface area contributed by atoms with Crippen LogP contribution in [-0.4, -0.2) is 24.9 Å². The minimum absolute atomic E-state index is 0.0959. The lowest BCUT2D eigenvalue weighted by Crippen LogP contribution is -2.47. The van der Waals surface area contributed by atoms with Crippen LogP contribution in [0.5, 0.6) is 5.75 Å². The van der Waals surface area contributed by atoms with Crippen LogP contribution in [0.3, 0.4) is 0 Å². The molecule has 1 fully saturated rings. The second-order valence-electron chi connectivity index (χ2n) is 4.80. The second kappa shape index (κ2) is 5.02. The largest absolute Gasteiger partial charge is 0.506 e. The number of nitrogens with one attached hydrogen (secondary N) is 1. The molecule has 0 aliphatic carbocycles. The quantitative estimate of drug-likeness (QED) is 0.888. The number of benzene rings is 1. The van der Waals surface area contributed by atoms with Crippen LogP contribution in [0.1, 0.15) is 12.5 Å². The van der Waals surface area contributed by atoms with Gasteiger partial charge in [0.05, 0.1) is 18.2 Å². The molecule has 1 aromatic rings. The molecule has 1 saturated heterocycles. The Labute approximate surface area is 111 Å². The number of rotatable bonds is 4. The smallest absolute Gasteiger partial charge is 0.138 e. The molecular formula is C12H15Cl2NO2. The maximum atomic E-state index is 9.77. The van der Waals surface area contributed by atoms with Crippen LogP contribution in [-0.2, 0) is 11.3 Å². The van der Waals surface area contributed by atoms with Crippen molar-refractivity contribution < 1.29 is 9.84 Å². The SMILES string of the molecule is CC1(CNCc2cc(Cl)cc(Cl)c2O)COC1. The molecule has 17 heavy (non-hydrogen) atoms. The first-order chi connectivity index (χ1) is 8.00. The van der Waals surface area contributed by atoms with E-state index in [0.29, 0.717) is 17.1 Å². The van der Waals surface area contributed by atoms with Gasteiger partial charge in [-0.1, -0.05) is 30.1 Å². The van der Waals surface area contributed by atoms with Crippen molar-refractivity contribution in [3.05, 3.63) is 27.7 Å². The number of hydrogen-bond acceptors (Lipinski definition) is 3. The van der Waals surface area contributed by atoms with E-state index in [4.69, 9.17) is 27.9 Å². The first-order valence-electron chi connectivity index (χ1n) is 5.45. The zero-order valence-corrected chi connectivity index (χ0v) is 11.1. The van der Waals surface area contributed by atoms with Gasteiger partial charge in [-0.15, -0.1) is 0 Å². The third-order valence-corrected chi connectivity index (χ3v) is 3.38. The van der Waals surface area contributed by atoms with Crippen molar-refractivity contribution in [1.82, 2.24) is 5.32 Å². The normalized spacial score (nSPS) is 17.8. The summed E-state index contributed by atoms with van der Waals surface area (Å²) in [6.45, 7) is 5.11. The first kappa shape index (κ1) is 13.0. The molecule has 0 atom stereocenters. The lowest BCUT2D eigenvalue weighted by atomic mass is 9.89. The lowest BCUT2D eigenvalue weighted by molar-refractivity contribution is -0.0991. The molecule has 0 amide bonds. The summed E-state index contributed by atoms with van der Waals surface area (Å²) in [7, 11) is 0.